The van der Waals surface area contributed by atoms with E-state index in [-0.39, 0.29) is 40.2 Å². The van der Waals surface area contributed by atoms with E-state index in [2.05, 4.69) is 31.9 Å². The van der Waals surface area contributed by atoms with E-state index in [4.69, 9.17) is 9.47 Å². The van der Waals surface area contributed by atoms with Crippen molar-refractivity contribution in [1.82, 2.24) is 4.90 Å². The number of benzene rings is 1. The van der Waals surface area contributed by atoms with E-state index in [1.54, 1.807) is 6.07 Å². The number of nitrogens with zero attached hydrogens (tertiary/aromatic N) is 1. The van der Waals surface area contributed by atoms with Crippen molar-refractivity contribution in [3.63, 3.8) is 0 Å². The van der Waals surface area contributed by atoms with Crippen LogP contribution >= 0.6 is 0 Å². The SMILES string of the molecule is CN1CC[C@]23c4c5ccc(O)c4O[C@H]2[C@@H](O)C=C[C@H]3[C@H]1C5.C[C@]12CC[C@H]3[C@@H](CCC4=CC(=O)CC[C@@]43C)[C@@H]1CC[C@@H]2OC(=O)CCC1CCCC1. The lowest BCUT2D eigenvalue weighted by molar-refractivity contribution is -0.160. The molecule has 1 spiro atoms. The number of esters is 1. The van der Waals surface area contributed by atoms with Crippen molar-refractivity contribution in [2.75, 3.05) is 13.6 Å². The highest BCUT2D eigenvalue weighted by atomic mass is 16.5. The molecule has 5 fully saturated rings. The summed E-state index contributed by atoms with van der Waals surface area (Å²) in [6, 6.07) is 4.23. The minimum absolute atomic E-state index is 0.0579. The van der Waals surface area contributed by atoms with Gasteiger partial charge in [-0.1, -0.05) is 63.3 Å². The number of ether oxygens (including phenoxy) is 2. The van der Waals surface area contributed by atoms with Crippen molar-refractivity contribution < 1.29 is 29.3 Å². The highest BCUT2D eigenvalue weighted by Gasteiger charge is 2.64. The van der Waals surface area contributed by atoms with Crippen molar-refractivity contribution >= 4 is 11.8 Å². The molecule has 7 nitrogen and oxygen atoms in total. The second kappa shape index (κ2) is 12.5. The number of phenolic OH excluding ortho intramolecular Hbond substituents is 1. The summed E-state index contributed by atoms with van der Waals surface area (Å²) in [6.07, 6.45) is 23.0. The molecule has 0 amide bonds. The van der Waals surface area contributed by atoms with Gasteiger partial charge in [-0.3, -0.25) is 9.59 Å². The normalized spacial score (nSPS) is 43.1. The van der Waals surface area contributed by atoms with Crippen molar-refractivity contribution in [2.24, 2.45) is 40.4 Å². The molecule has 2 N–H and O–H groups in total. The van der Waals surface area contributed by atoms with Crippen LogP contribution in [-0.2, 0) is 26.2 Å². The average Bonchev–Trinajstić information content (AvgIpc) is 3.85. The van der Waals surface area contributed by atoms with Gasteiger partial charge in [-0.05, 0) is 125 Å². The van der Waals surface area contributed by atoms with Gasteiger partial charge in [0.25, 0.3) is 0 Å². The summed E-state index contributed by atoms with van der Waals surface area (Å²) in [5, 5.41) is 20.6. The number of hydrogen-bond acceptors (Lipinski definition) is 7. The number of fused-ring (bicyclic) bond motifs is 5. The van der Waals surface area contributed by atoms with E-state index < -0.39 is 6.10 Å². The number of likely N-dealkylation sites (N-methyl/N-ethyl adjacent to an activating group) is 1. The topological polar surface area (TPSA) is 96.3 Å². The second-order valence-corrected chi connectivity index (χ2v) is 18.7. The summed E-state index contributed by atoms with van der Waals surface area (Å²) in [5.41, 5.74) is 4.12. The van der Waals surface area contributed by atoms with Gasteiger partial charge in [-0.2, -0.15) is 0 Å². The highest BCUT2D eigenvalue weighted by Crippen LogP contribution is 2.66. The Labute approximate surface area is 304 Å². The Kier molecular flexibility index (Phi) is 8.35. The fraction of sp³-hybridized carbons (Fsp3) is 0.727. The molecular formula is C44H59NO6. The van der Waals surface area contributed by atoms with Gasteiger partial charge in [0.2, 0.25) is 0 Å². The Bertz CT molecular complexity index is 1640. The maximum Gasteiger partial charge on any atom is 0.306 e. The Morgan fingerprint density at radius 2 is 1.82 bits per heavy atom. The van der Waals surface area contributed by atoms with Crippen LogP contribution in [0.2, 0.25) is 0 Å². The fourth-order valence-corrected chi connectivity index (χ4v) is 13.8. The Morgan fingerprint density at radius 3 is 2.65 bits per heavy atom. The molecule has 2 bridgehead atoms. The third kappa shape index (κ3) is 5.16. The number of likely N-dealkylation sites (tertiary alicyclic amines) is 1. The molecule has 2 heterocycles. The minimum Gasteiger partial charge on any atom is -0.504 e. The summed E-state index contributed by atoms with van der Waals surface area (Å²) < 4.78 is 12.3. The van der Waals surface area contributed by atoms with E-state index in [9.17, 15) is 19.8 Å². The van der Waals surface area contributed by atoms with Gasteiger partial charge in [-0.15, -0.1) is 0 Å². The third-order valence-electron chi connectivity index (χ3n) is 16.5. The van der Waals surface area contributed by atoms with E-state index in [0.29, 0.717) is 41.7 Å². The monoisotopic (exact) mass is 697 g/mol. The number of hydrogen-bond donors (Lipinski definition) is 2. The predicted molar refractivity (Wildman–Crippen MR) is 195 cm³/mol. The predicted octanol–water partition coefficient (Wildman–Crippen LogP) is 7.60. The van der Waals surface area contributed by atoms with Crippen LogP contribution in [0.3, 0.4) is 0 Å². The molecule has 11 atom stereocenters. The molecule has 1 aromatic rings. The number of aliphatic hydroxyl groups excluding tert-OH is 1. The van der Waals surface area contributed by atoms with Crippen molar-refractivity contribution in [1.29, 1.82) is 0 Å². The first-order chi connectivity index (χ1) is 24.5. The van der Waals surface area contributed by atoms with Crippen LogP contribution in [0.5, 0.6) is 11.5 Å². The molecule has 4 saturated carbocycles. The summed E-state index contributed by atoms with van der Waals surface area (Å²) in [4.78, 5) is 27.1. The summed E-state index contributed by atoms with van der Waals surface area (Å²) >= 11 is 0. The van der Waals surface area contributed by atoms with Crippen LogP contribution in [0.15, 0.2) is 35.9 Å². The zero-order valence-corrected chi connectivity index (χ0v) is 31.1. The molecule has 10 rings (SSSR count). The maximum atomic E-state index is 12.7. The molecule has 276 valence electrons. The van der Waals surface area contributed by atoms with E-state index in [1.165, 1.54) is 68.1 Å². The quantitative estimate of drug-likeness (QED) is 0.247. The van der Waals surface area contributed by atoms with Crippen molar-refractivity contribution in [2.45, 2.75) is 146 Å². The van der Waals surface area contributed by atoms with E-state index in [0.717, 1.165) is 63.3 Å². The first-order valence-corrected chi connectivity index (χ1v) is 20.5. The van der Waals surface area contributed by atoms with Gasteiger partial charge < -0.3 is 24.6 Å². The van der Waals surface area contributed by atoms with Crippen LogP contribution in [0.4, 0.5) is 0 Å². The number of aliphatic hydroxyl groups is 1. The van der Waals surface area contributed by atoms with Crippen LogP contribution in [0, 0.1) is 40.4 Å². The summed E-state index contributed by atoms with van der Waals surface area (Å²) in [7, 11) is 2.19. The van der Waals surface area contributed by atoms with Crippen molar-refractivity contribution in [3.05, 3.63) is 47.1 Å². The molecule has 7 heteroatoms. The van der Waals surface area contributed by atoms with Gasteiger partial charge in [0.1, 0.15) is 18.3 Å². The van der Waals surface area contributed by atoms with E-state index >= 15 is 0 Å². The van der Waals surface area contributed by atoms with Crippen LogP contribution < -0.4 is 4.74 Å². The lowest BCUT2D eigenvalue weighted by Crippen LogP contribution is -2.64. The Hall–Kier alpha value is -2.64. The number of piperidine rings is 1. The van der Waals surface area contributed by atoms with E-state index in [1.807, 2.05) is 18.2 Å². The largest absolute Gasteiger partial charge is 0.504 e. The first kappa shape index (κ1) is 34.1. The second-order valence-electron chi connectivity index (χ2n) is 18.7. The minimum atomic E-state index is -0.594. The fourth-order valence-electron chi connectivity index (χ4n) is 13.8. The molecule has 1 saturated heterocycles. The Balaban J connectivity index is 0.000000145. The van der Waals surface area contributed by atoms with Gasteiger partial charge in [0.05, 0.1) is 0 Å². The van der Waals surface area contributed by atoms with Crippen molar-refractivity contribution in [3.8, 4) is 11.5 Å². The first-order valence-electron chi connectivity index (χ1n) is 20.5. The van der Waals surface area contributed by atoms with Crippen LogP contribution in [0.1, 0.15) is 121 Å². The number of rotatable bonds is 4. The number of aromatic hydroxyl groups is 1. The van der Waals surface area contributed by atoms with Gasteiger partial charge in [-0.25, -0.2) is 0 Å². The molecular weight excluding hydrogens is 638 g/mol. The smallest absolute Gasteiger partial charge is 0.306 e. The zero-order valence-electron chi connectivity index (χ0n) is 31.1. The molecule has 0 unspecified atom stereocenters. The van der Waals surface area contributed by atoms with Crippen LogP contribution in [-0.4, -0.2) is 64.8 Å². The van der Waals surface area contributed by atoms with Gasteiger partial charge >= 0.3 is 5.97 Å². The molecule has 0 radical (unpaired) electrons. The number of ketones is 1. The lowest BCUT2D eigenvalue weighted by atomic mass is 9.47. The number of phenols is 1. The van der Waals surface area contributed by atoms with Gasteiger partial charge in [0.15, 0.2) is 17.3 Å². The number of carbonyl (C=O) groups excluding carboxylic acids is 2. The molecule has 0 aromatic heterocycles. The summed E-state index contributed by atoms with van der Waals surface area (Å²) in [6.45, 7) is 5.88. The molecule has 9 aliphatic rings. The average molecular weight is 698 g/mol. The standard InChI is InChI=1S/C27H40O3.C17H19NO3/c1-26-15-13-20(28)17-19(26)8-9-21-22-10-11-24(27(22,2)16-14-23(21)26)30-25(29)12-7-18-5-3-4-6-18;1-18-7-6-17-10-3-5-13(20)16(17)21-15-12(19)4-2-9(14(15)17)8-11(10)18/h17-18,21-24H,3-16H2,1-2H3;2-5,10-11,13,16,19-20H,6-8H2,1H3/t21-,22-,23-,24-,26-,27-;10-,11+,13-,16-,17-/m00/s1. The van der Waals surface area contributed by atoms with Gasteiger partial charge in [0, 0.05) is 41.2 Å². The summed E-state index contributed by atoms with van der Waals surface area (Å²) in [5.74, 6) is 4.47. The molecule has 2 aliphatic heterocycles. The lowest BCUT2D eigenvalue weighted by Gasteiger charge is -2.57. The highest BCUT2D eigenvalue weighted by molar-refractivity contribution is 5.91. The number of allylic oxidation sites excluding steroid dienone is 1. The maximum absolute atomic E-state index is 12.7. The molecule has 7 aliphatic carbocycles. The number of carbonyl (C=O) groups is 2. The van der Waals surface area contributed by atoms with Crippen LogP contribution in [0.25, 0.3) is 0 Å². The Morgan fingerprint density at radius 1 is 1.00 bits per heavy atom. The molecule has 1 aromatic carbocycles. The molecule has 51 heavy (non-hydrogen) atoms. The zero-order chi connectivity index (χ0) is 35.3. The third-order valence-corrected chi connectivity index (χ3v) is 16.5.